The monoisotopic (exact) mass is 227 g/mol. The third-order valence-electron chi connectivity index (χ3n) is 2.21. The van der Waals surface area contributed by atoms with Crippen molar-refractivity contribution in [1.82, 2.24) is 4.98 Å². The molecule has 0 spiro atoms. The summed E-state index contributed by atoms with van der Waals surface area (Å²) >= 11 is 0. The fourth-order valence-corrected chi connectivity index (χ4v) is 1.40. The minimum atomic E-state index is 0.176. The van der Waals surface area contributed by atoms with Crippen LogP contribution in [0.4, 0.5) is 0 Å². The number of ketones is 1. The number of nitrogens with one attached hydrogen (secondary N) is 1. The molecule has 0 fully saturated rings. The summed E-state index contributed by atoms with van der Waals surface area (Å²) in [4.78, 5) is 13.6. The molecule has 0 unspecified atom stereocenters. The molecule has 88 valence electrons. The second-order valence-electron chi connectivity index (χ2n) is 3.59. The molecule has 1 aromatic heterocycles. The molecule has 0 saturated heterocycles. The van der Waals surface area contributed by atoms with Crippen LogP contribution in [-0.2, 0) is 4.79 Å². The van der Waals surface area contributed by atoms with Gasteiger partial charge in [-0.2, -0.15) is 0 Å². The van der Waals surface area contributed by atoms with E-state index in [0.29, 0.717) is 12.8 Å². The molecule has 0 radical (unpaired) electrons. The number of carbonyl (C=O) groups is 1. The number of H-pyrrole nitrogens is 1. The Morgan fingerprint density at radius 2 is 1.76 bits per heavy atom. The fraction of sp³-hybridized carbons (Fsp3) is 0.133. The summed E-state index contributed by atoms with van der Waals surface area (Å²) in [6, 6.07) is 10.3. The van der Waals surface area contributed by atoms with Crippen LogP contribution < -0.4 is 0 Å². The third-order valence-corrected chi connectivity index (χ3v) is 2.21. The first-order valence-electron chi connectivity index (χ1n) is 5.53. The second kappa shape index (κ2) is 7.23. The van der Waals surface area contributed by atoms with Crippen molar-refractivity contribution in [2.24, 2.45) is 0 Å². The Balaban J connectivity index is 0.000000172. The summed E-state index contributed by atoms with van der Waals surface area (Å²) in [5, 5.41) is 1.28. The topological polar surface area (TPSA) is 32.9 Å². The van der Waals surface area contributed by atoms with Crippen molar-refractivity contribution in [3.63, 3.8) is 0 Å². The number of fused-ring (bicyclic) bond motifs is 1. The number of hydrogen-bond acceptors (Lipinski definition) is 1. The van der Waals surface area contributed by atoms with Gasteiger partial charge in [0, 0.05) is 24.6 Å². The van der Waals surface area contributed by atoms with Crippen LogP contribution in [-0.4, -0.2) is 10.8 Å². The second-order valence-corrected chi connectivity index (χ2v) is 3.59. The van der Waals surface area contributed by atoms with Gasteiger partial charge in [0.2, 0.25) is 0 Å². The van der Waals surface area contributed by atoms with Crippen molar-refractivity contribution in [2.75, 3.05) is 0 Å². The van der Waals surface area contributed by atoms with Crippen molar-refractivity contribution in [3.05, 3.63) is 61.8 Å². The van der Waals surface area contributed by atoms with E-state index in [9.17, 15) is 4.79 Å². The normalized spacial score (nSPS) is 9.18. The lowest BCUT2D eigenvalue weighted by molar-refractivity contribution is -0.117. The Bertz CT molecular complexity index is 454. The van der Waals surface area contributed by atoms with Gasteiger partial charge in [-0.05, 0) is 17.5 Å². The van der Waals surface area contributed by atoms with E-state index in [-0.39, 0.29) is 5.78 Å². The van der Waals surface area contributed by atoms with E-state index in [1.165, 1.54) is 10.9 Å². The van der Waals surface area contributed by atoms with Gasteiger partial charge in [-0.3, -0.25) is 4.79 Å². The Morgan fingerprint density at radius 3 is 2.35 bits per heavy atom. The summed E-state index contributed by atoms with van der Waals surface area (Å²) in [6.45, 7) is 6.86. The van der Waals surface area contributed by atoms with Gasteiger partial charge in [0.05, 0.1) is 0 Å². The molecule has 0 aliphatic carbocycles. The van der Waals surface area contributed by atoms with Gasteiger partial charge in [0.25, 0.3) is 0 Å². The first kappa shape index (κ1) is 13.0. The number of Topliss-reactive ketones (excluding diaryl/α,β-unsaturated/α-hetero) is 1. The molecule has 0 atom stereocenters. The van der Waals surface area contributed by atoms with E-state index >= 15 is 0 Å². The van der Waals surface area contributed by atoms with Gasteiger partial charge in [0.15, 0.2) is 0 Å². The highest BCUT2D eigenvalue weighted by atomic mass is 16.1. The van der Waals surface area contributed by atoms with Crippen LogP contribution in [0.3, 0.4) is 0 Å². The maximum absolute atomic E-state index is 10.5. The number of rotatable bonds is 4. The highest BCUT2D eigenvalue weighted by molar-refractivity contribution is 5.81. The van der Waals surface area contributed by atoms with E-state index < -0.39 is 0 Å². The van der Waals surface area contributed by atoms with Gasteiger partial charge in [0.1, 0.15) is 5.78 Å². The Morgan fingerprint density at radius 1 is 1.12 bits per heavy atom. The van der Waals surface area contributed by atoms with Crippen LogP contribution in [0.15, 0.2) is 61.8 Å². The van der Waals surface area contributed by atoms with Crippen LogP contribution in [0, 0.1) is 0 Å². The number of para-hydroxylation sites is 1. The summed E-state index contributed by atoms with van der Waals surface area (Å²) in [7, 11) is 0. The lowest BCUT2D eigenvalue weighted by atomic mass is 10.2. The minimum Gasteiger partial charge on any atom is -0.361 e. The molecule has 2 heteroatoms. The van der Waals surface area contributed by atoms with Crippen molar-refractivity contribution in [2.45, 2.75) is 12.8 Å². The summed E-state index contributed by atoms with van der Waals surface area (Å²) in [6.07, 6.45) is 6.08. The van der Waals surface area contributed by atoms with Crippen LogP contribution in [0.2, 0.25) is 0 Å². The smallest absolute Gasteiger partial charge is 0.140 e. The molecule has 0 aliphatic heterocycles. The minimum absolute atomic E-state index is 0.176. The molecule has 1 aromatic carbocycles. The Labute approximate surface area is 102 Å². The van der Waals surface area contributed by atoms with Crippen LogP contribution in [0.25, 0.3) is 10.9 Å². The van der Waals surface area contributed by atoms with Gasteiger partial charge in [-0.15, -0.1) is 13.2 Å². The molecule has 0 amide bonds. The average Bonchev–Trinajstić information content (AvgIpc) is 2.78. The molecule has 17 heavy (non-hydrogen) atoms. The quantitative estimate of drug-likeness (QED) is 0.790. The Hall–Kier alpha value is -2.09. The molecule has 0 bridgehead atoms. The predicted molar refractivity (Wildman–Crippen MR) is 72.9 cm³/mol. The van der Waals surface area contributed by atoms with Gasteiger partial charge in [-0.1, -0.05) is 30.4 Å². The molecule has 2 nitrogen and oxygen atoms in total. The number of allylic oxidation sites excluding steroid dienone is 2. The molecule has 1 heterocycles. The SMILES string of the molecule is C=CCC(=O)CC=C.c1ccc2[nH]ccc2c1. The summed E-state index contributed by atoms with van der Waals surface area (Å²) in [5.74, 6) is 0.176. The maximum atomic E-state index is 10.5. The molecule has 2 rings (SSSR count). The molecule has 1 N–H and O–H groups in total. The number of carbonyl (C=O) groups excluding carboxylic acids is 1. The summed E-state index contributed by atoms with van der Waals surface area (Å²) in [5.41, 5.74) is 1.21. The van der Waals surface area contributed by atoms with Gasteiger partial charge >= 0.3 is 0 Å². The fourth-order valence-electron chi connectivity index (χ4n) is 1.40. The van der Waals surface area contributed by atoms with E-state index in [0.717, 1.165) is 0 Å². The van der Waals surface area contributed by atoms with Crippen LogP contribution in [0.5, 0.6) is 0 Å². The van der Waals surface area contributed by atoms with E-state index in [2.05, 4.69) is 36.3 Å². The number of aromatic amines is 1. The zero-order chi connectivity index (χ0) is 12.5. The first-order chi connectivity index (χ1) is 8.27. The highest BCUT2D eigenvalue weighted by Crippen LogP contribution is 2.09. The largest absolute Gasteiger partial charge is 0.361 e. The van der Waals surface area contributed by atoms with Crippen molar-refractivity contribution >= 4 is 16.7 Å². The lowest BCUT2D eigenvalue weighted by Crippen LogP contribution is -1.90. The van der Waals surface area contributed by atoms with Crippen molar-refractivity contribution < 1.29 is 4.79 Å². The van der Waals surface area contributed by atoms with Gasteiger partial charge in [-0.25, -0.2) is 0 Å². The standard InChI is InChI=1S/C8H7N.C7H10O/c1-2-4-8-7(3-1)5-6-9-8;1-3-5-7(8)6-4-2/h1-6,9H;3-4H,1-2,5-6H2. The Kier molecular flexibility index (Phi) is 5.52. The predicted octanol–water partition coefficient (Wildman–Crippen LogP) is 3.88. The van der Waals surface area contributed by atoms with Crippen molar-refractivity contribution in [1.29, 1.82) is 0 Å². The van der Waals surface area contributed by atoms with Crippen LogP contribution >= 0.6 is 0 Å². The van der Waals surface area contributed by atoms with Crippen molar-refractivity contribution in [3.8, 4) is 0 Å². The van der Waals surface area contributed by atoms with E-state index in [1.807, 2.05) is 18.3 Å². The van der Waals surface area contributed by atoms with E-state index in [4.69, 9.17) is 0 Å². The number of hydrogen-bond donors (Lipinski definition) is 1. The molecule has 0 saturated carbocycles. The maximum Gasteiger partial charge on any atom is 0.140 e. The molecule has 0 aliphatic rings. The molecular formula is C15H17NO. The van der Waals surface area contributed by atoms with E-state index in [1.54, 1.807) is 12.2 Å². The molecule has 2 aromatic rings. The zero-order valence-corrected chi connectivity index (χ0v) is 9.86. The van der Waals surface area contributed by atoms with Gasteiger partial charge < -0.3 is 4.98 Å². The first-order valence-corrected chi connectivity index (χ1v) is 5.53. The average molecular weight is 227 g/mol. The lowest BCUT2D eigenvalue weighted by Gasteiger charge is -1.85. The number of benzene rings is 1. The molecular weight excluding hydrogens is 210 g/mol. The highest BCUT2D eigenvalue weighted by Gasteiger charge is 1.91. The zero-order valence-electron chi connectivity index (χ0n) is 9.86. The third kappa shape index (κ3) is 4.51. The van der Waals surface area contributed by atoms with Crippen LogP contribution in [0.1, 0.15) is 12.8 Å². The number of aromatic nitrogens is 1. The summed E-state index contributed by atoms with van der Waals surface area (Å²) < 4.78 is 0.